The lowest BCUT2D eigenvalue weighted by Crippen LogP contribution is -2.32. The summed E-state index contributed by atoms with van der Waals surface area (Å²) in [7, 11) is 0. The molecule has 1 heteroatoms. The average molecular weight is 235 g/mol. The van der Waals surface area contributed by atoms with Gasteiger partial charge in [0.15, 0.2) is 0 Å². The van der Waals surface area contributed by atoms with Gasteiger partial charge in [0.1, 0.15) is 0 Å². The van der Waals surface area contributed by atoms with Crippen molar-refractivity contribution in [1.29, 1.82) is 0 Å². The zero-order chi connectivity index (χ0) is 12.5. The second-order valence-electron chi connectivity index (χ2n) is 5.69. The Balaban J connectivity index is 2.42. The van der Waals surface area contributed by atoms with Crippen LogP contribution in [0.25, 0.3) is 0 Å². The Morgan fingerprint density at radius 3 is 2.47 bits per heavy atom. The lowest BCUT2D eigenvalue weighted by atomic mass is 9.84. The quantitative estimate of drug-likeness (QED) is 0.561. The number of rotatable bonds is 5. The summed E-state index contributed by atoms with van der Waals surface area (Å²) in [6.45, 7) is 7.65. The molecule has 1 aliphatic carbocycles. The molecule has 17 heavy (non-hydrogen) atoms. The Bertz CT molecular complexity index is 246. The van der Waals surface area contributed by atoms with Gasteiger partial charge >= 0.3 is 0 Å². The van der Waals surface area contributed by atoms with Crippen LogP contribution in [-0.2, 0) is 0 Å². The van der Waals surface area contributed by atoms with Gasteiger partial charge in [0.05, 0.1) is 0 Å². The van der Waals surface area contributed by atoms with E-state index in [1.54, 1.807) is 0 Å². The molecule has 0 bridgehead atoms. The first-order valence-corrected chi connectivity index (χ1v) is 7.37. The monoisotopic (exact) mass is 235 g/mol. The normalized spacial score (nSPS) is 25.2. The van der Waals surface area contributed by atoms with Crippen molar-refractivity contribution in [3.05, 3.63) is 0 Å². The van der Waals surface area contributed by atoms with Gasteiger partial charge in [-0.1, -0.05) is 39.5 Å². The van der Waals surface area contributed by atoms with Gasteiger partial charge in [0.25, 0.3) is 0 Å². The predicted molar refractivity (Wildman–Crippen MR) is 75.9 cm³/mol. The van der Waals surface area contributed by atoms with E-state index in [0.717, 1.165) is 18.3 Å². The lowest BCUT2D eigenvalue weighted by molar-refractivity contribution is 0.280. The van der Waals surface area contributed by atoms with E-state index in [9.17, 15) is 0 Å². The van der Waals surface area contributed by atoms with Gasteiger partial charge < -0.3 is 5.32 Å². The van der Waals surface area contributed by atoms with Gasteiger partial charge in [-0.25, -0.2) is 0 Å². The van der Waals surface area contributed by atoms with E-state index in [2.05, 4.69) is 31.0 Å². The van der Waals surface area contributed by atoms with Crippen LogP contribution in [0.1, 0.15) is 65.7 Å². The molecule has 0 saturated heterocycles. The van der Waals surface area contributed by atoms with E-state index < -0.39 is 0 Å². The van der Waals surface area contributed by atoms with Crippen LogP contribution in [-0.4, -0.2) is 12.6 Å². The van der Waals surface area contributed by atoms with Gasteiger partial charge in [-0.3, -0.25) is 0 Å². The van der Waals surface area contributed by atoms with E-state index >= 15 is 0 Å². The molecule has 1 rings (SSSR count). The summed E-state index contributed by atoms with van der Waals surface area (Å²) in [6, 6.07) is 0.620. The highest BCUT2D eigenvalue weighted by Crippen LogP contribution is 2.31. The minimum absolute atomic E-state index is 0.620. The molecule has 0 amide bonds. The van der Waals surface area contributed by atoms with Crippen LogP contribution in [0.3, 0.4) is 0 Å². The maximum Gasteiger partial charge on any atom is 0.00913 e. The highest BCUT2D eigenvalue weighted by molar-refractivity contribution is 4.95. The largest absolute Gasteiger partial charge is 0.314 e. The molecule has 0 spiro atoms. The van der Waals surface area contributed by atoms with Gasteiger partial charge in [0, 0.05) is 12.5 Å². The lowest BCUT2D eigenvalue weighted by Gasteiger charge is -2.26. The van der Waals surface area contributed by atoms with Crippen molar-refractivity contribution in [2.75, 3.05) is 6.54 Å². The highest BCUT2D eigenvalue weighted by atomic mass is 14.9. The van der Waals surface area contributed by atoms with Gasteiger partial charge in [-0.05, 0) is 38.1 Å². The predicted octanol–water partition coefficient (Wildman–Crippen LogP) is 3.98. The summed E-state index contributed by atoms with van der Waals surface area (Å²) < 4.78 is 0. The van der Waals surface area contributed by atoms with Crippen molar-refractivity contribution in [2.45, 2.75) is 71.8 Å². The molecule has 0 aliphatic heterocycles. The maximum absolute atomic E-state index is 3.63. The molecular weight excluding hydrogens is 206 g/mol. The molecule has 1 saturated carbocycles. The van der Waals surface area contributed by atoms with Crippen molar-refractivity contribution in [2.24, 2.45) is 11.8 Å². The van der Waals surface area contributed by atoms with Crippen molar-refractivity contribution in [3.63, 3.8) is 0 Å². The van der Waals surface area contributed by atoms with Crippen molar-refractivity contribution < 1.29 is 0 Å². The van der Waals surface area contributed by atoms with Gasteiger partial charge in [-0.2, -0.15) is 0 Å². The van der Waals surface area contributed by atoms with Crippen LogP contribution in [0.5, 0.6) is 0 Å². The fraction of sp³-hybridized carbons (Fsp3) is 0.875. The molecule has 1 fully saturated rings. The topological polar surface area (TPSA) is 12.0 Å². The highest BCUT2D eigenvalue weighted by Gasteiger charge is 2.22. The first-order valence-electron chi connectivity index (χ1n) is 7.37. The van der Waals surface area contributed by atoms with E-state index in [4.69, 9.17) is 0 Å². The van der Waals surface area contributed by atoms with E-state index in [1.807, 2.05) is 6.92 Å². The molecular formula is C16H29N. The Morgan fingerprint density at radius 2 is 1.82 bits per heavy atom. The second-order valence-corrected chi connectivity index (χ2v) is 5.69. The maximum atomic E-state index is 3.63. The van der Waals surface area contributed by atoms with Crippen LogP contribution in [0.15, 0.2) is 0 Å². The SMILES string of the molecule is CC#CCCC1CCCCCC1CNC(C)C. The third-order valence-corrected chi connectivity index (χ3v) is 3.92. The Hall–Kier alpha value is -0.480. The number of hydrogen-bond acceptors (Lipinski definition) is 1. The van der Waals surface area contributed by atoms with Crippen LogP contribution in [0.4, 0.5) is 0 Å². The van der Waals surface area contributed by atoms with Gasteiger partial charge in [-0.15, -0.1) is 11.8 Å². The van der Waals surface area contributed by atoms with Crippen LogP contribution >= 0.6 is 0 Å². The van der Waals surface area contributed by atoms with Crippen LogP contribution in [0.2, 0.25) is 0 Å². The standard InChI is InChI=1S/C16H29N/c1-4-5-7-10-15-11-8-6-9-12-16(15)13-17-14(2)3/h14-17H,6-13H2,1-3H3. The first kappa shape index (κ1) is 14.6. The molecule has 0 aromatic rings. The van der Waals surface area contributed by atoms with Crippen LogP contribution < -0.4 is 5.32 Å². The molecule has 2 atom stereocenters. The van der Waals surface area contributed by atoms with E-state index in [0.29, 0.717) is 6.04 Å². The third-order valence-electron chi connectivity index (χ3n) is 3.92. The zero-order valence-corrected chi connectivity index (χ0v) is 11.9. The number of hydrogen-bond donors (Lipinski definition) is 1. The third kappa shape index (κ3) is 6.13. The smallest absolute Gasteiger partial charge is 0.00913 e. The summed E-state index contributed by atoms with van der Waals surface area (Å²) in [6.07, 6.45) is 9.56. The van der Waals surface area contributed by atoms with Crippen molar-refractivity contribution >= 4 is 0 Å². The molecule has 1 N–H and O–H groups in total. The minimum atomic E-state index is 0.620. The average Bonchev–Trinajstić information content (AvgIpc) is 2.52. The summed E-state index contributed by atoms with van der Waals surface area (Å²) in [5.74, 6) is 8.05. The van der Waals surface area contributed by atoms with Gasteiger partial charge in [0.2, 0.25) is 0 Å². The molecule has 1 nitrogen and oxygen atoms in total. The zero-order valence-electron chi connectivity index (χ0n) is 11.9. The molecule has 0 heterocycles. The molecule has 2 unspecified atom stereocenters. The summed E-state index contributed by atoms with van der Waals surface area (Å²) in [5.41, 5.74) is 0. The van der Waals surface area contributed by atoms with Crippen molar-refractivity contribution in [1.82, 2.24) is 5.32 Å². The number of nitrogens with one attached hydrogen (secondary N) is 1. The minimum Gasteiger partial charge on any atom is -0.314 e. The van der Waals surface area contributed by atoms with Crippen LogP contribution in [0, 0.1) is 23.7 Å². The molecule has 0 radical (unpaired) electrons. The second kappa shape index (κ2) is 8.59. The summed E-state index contributed by atoms with van der Waals surface area (Å²) in [4.78, 5) is 0. The Kier molecular flexibility index (Phi) is 7.37. The first-order chi connectivity index (χ1) is 8.24. The Morgan fingerprint density at radius 1 is 1.12 bits per heavy atom. The molecule has 98 valence electrons. The Labute approximate surface area is 108 Å². The van der Waals surface area contributed by atoms with E-state index in [1.165, 1.54) is 45.1 Å². The van der Waals surface area contributed by atoms with E-state index in [-0.39, 0.29) is 0 Å². The fourth-order valence-corrected chi connectivity index (χ4v) is 2.88. The molecule has 1 aliphatic rings. The summed E-state index contributed by atoms with van der Waals surface area (Å²) in [5, 5.41) is 3.63. The fourth-order valence-electron chi connectivity index (χ4n) is 2.88. The van der Waals surface area contributed by atoms with Crippen molar-refractivity contribution in [3.8, 4) is 11.8 Å². The molecule has 0 aromatic carbocycles. The summed E-state index contributed by atoms with van der Waals surface area (Å²) >= 11 is 0. The molecule has 0 aromatic heterocycles.